The van der Waals surface area contributed by atoms with Gasteiger partial charge in [-0.1, -0.05) is 6.92 Å². The van der Waals surface area contributed by atoms with Crippen LogP contribution in [0.2, 0.25) is 0 Å². The first-order valence-corrected chi connectivity index (χ1v) is 3.61. The lowest BCUT2D eigenvalue weighted by Gasteiger charge is -2.19. The van der Waals surface area contributed by atoms with E-state index in [1.807, 2.05) is 0 Å². The van der Waals surface area contributed by atoms with Crippen molar-refractivity contribution in [2.24, 2.45) is 5.92 Å². The van der Waals surface area contributed by atoms with Crippen molar-refractivity contribution in [3.63, 3.8) is 0 Å². The maximum atomic E-state index is 10.3. The van der Waals surface area contributed by atoms with Crippen molar-refractivity contribution in [2.75, 3.05) is 13.2 Å². The van der Waals surface area contributed by atoms with E-state index in [4.69, 9.17) is 5.11 Å². The van der Waals surface area contributed by atoms with Crippen molar-refractivity contribution in [1.29, 1.82) is 0 Å². The van der Waals surface area contributed by atoms with Gasteiger partial charge in [0.2, 0.25) is 6.41 Å². The summed E-state index contributed by atoms with van der Waals surface area (Å²) in [7, 11) is 0. The predicted molar refractivity (Wildman–Crippen MR) is 37.4 cm³/mol. The molecule has 3 heteroatoms. The van der Waals surface area contributed by atoms with Crippen LogP contribution in [0.5, 0.6) is 0 Å². The molecule has 0 aromatic heterocycles. The Morgan fingerprint density at radius 2 is 2.50 bits per heavy atom. The third kappa shape index (κ3) is 1.14. The van der Waals surface area contributed by atoms with Crippen molar-refractivity contribution >= 4 is 6.41 Å². The Morgan fingerprint density at radius 3 is 2.90 bits per heavy atom. The molecule has 1 aliphatic heterocycles. The van der Waals surface area contributed by atoms with E-state index in [1.165, 1.54) is 0 Å². The van der Waals surface area contributed by atoms with Crippen LogP contribution in [-0.4, -0.2) is 35.6 Å². The van der Waals surface area contributed by atoms with Gasteiger partial charge in [0.15, 0.2) is 0 Å². The van der Waals surface area contributed by atoms with E-state index in [1.54, 1.807) is 4.90 Å². The number of hydrogen-bond acceptors (Lipinski definition) is 2. The van der Waals surface area contributed by atoms with Gasteiger partial charge in [-0.05, 0) is 12.3 Å². The van der Waals surface area contributed by atoms with Gasteiger partial charge in [-0.25, -0.2) is 0 Å². The molecule has 0 radical (unpaired) electrons. The number of amides is 1. The topological polar surface area (TPSA) is 40.5 Å². The van der Waals surface area contributed by atoms with Crippen LogP contribution in [-0.2, 0) is 4.79 Å². The Kier molecular flexibility index (Phi) is 2.27. The van der Waals surface area contributed by atoms with Gasteiger partial charge in [-0.3, -0.25) is 4.79 Å². The zero-order chi connectivity index (χ0) is 7.56. The van der Waals surface area contributed by atoms with E-state index in [0.717, 1.165) is 19.4 Å². The van der Waals surface area contributed by atoms with Gasteiger partial charge in [0.25, 0.3) is 0 Å². The van der Waals surface area contributed by atoms with Crippen molar-refractivity contribution in [3.8, 4) is 0 Å². The fourth-order valence-corrected chi connectivity index (χ4v) is 1.45. The van der Waals surface area contributed by atoms with Crippen LogP contribution in [0.3, 0.4) is 0 Å². The van der Waals surface area contributed by atoms with Crippen molar-refractivity contribution in [1.82, 2.24) is 4.90 Å². The summed E-state index contributed by atoms with van der Waals surface area (Å²) < 4.78 is 0. The molecule has 2 unspecified atom stereocenters. The lowest BCUT2D eigenvalue weighted by atomic mass is 10.0. The van der Waals surface area contributed by atoms with Gasteiger partial charge < -0.3 is 10.0 Å². The summed E-state index contributed by atoms with van der Waals surface area (Å²) in [4.78, 5) is 12.0. The second kappa shape index (κ2) is 3.01. The molecule has 0 saturated carbocycles. The number of carbonyl (C=O) groups excluding carboxylic acids is 1. The monoisotopic (exact) mass is 143 g/mol. The lowest BCUT2D eigenvalue weighted by Crippen LogP contribution is -2.33. The van der Waals surface area contributed by atoms with Crippen LogP contribution in [0.4, 0.5) is 0 Å². The number of aliphatic hydroxyl groups is 1. The number of carbonyl (C=O) groups is 1. The smallest absolute Gasteiger partial charge is 0.210 e. The van der Waals surface area contributed by atoms with Crippen LogP contribution < -0.4 is 0 Å². The first-order valence-electron chi connectivity index (χ1n) is 3.61. The Balaban J connectivity index is 2.53. The third-order valence-electron chi connectivity index (χ3n) is 2.25. The highest BCUT2D eigenvalue weighted by atomic mass is 16.3. The van der Waals surface area contributed by atoms with Crippen LogP contribution in [0.1, 0.15) is 13.3 Å². The van der Waals surface area contributed by atoms with Crippen LogP contribution in [0, 0.1) is 5.92 Å². The van der Waals surface area contributed by atoms with E-state index in [0.29, 0.717) is 5.92 Å². The van der Waals surface area contributed by atoms with E-state index >= 15 is 0 Å². The molecule has 58 valence electrons. The molecule has 0 bridgehead atoms. The van der Waals surface area contributed by atoms with Crippen LogP contribution in [0.25, 0.3) is 0 Å². The fraction of sp³-hybridized carbons (Fsp3) is 0.857. The SMILES string of the molecule is CC1CCN(C=O)C1CO. The zero-order valence-electron chi connectivity index (χ0n) is 6.16. The highest BCUT2D eigenvalue weighted by Gasteiger charge is 2.28. The normalized spacial score (nSPS) is 32.8. The van der Waals surface area contributed by atoms with Crippen molar-refractivity contribution in [3.05, 3.63) is 0 Å². The number of aliphatic hydroxyl groups excluding tert-OH is 1. The molecule has 1 amide bonds. The number of nitrogens with zero attached hydrogens (tertiary/aromatic N) is 1. The molecule has 2 atom stereocenters. The summed E-state index contributed by atoms with van der Waals surface area (Å²) in [5.41, 5.74) is 0. The Morgan fingerprint density at radius 1 is 1.80 bits per heavy atom. The molecule has 0 aliphatic carbocycles. The van der Waals surface area contributed by atoms with E-state index < -0.39 is 0 Å². The van der Waals surface area contributed by atoms with Gasteiger partial charge in [0.05, 0.1) is 12.6 Å². The summed E-state index contributed by atoms with van der Waals surface area (Å²) in [6, 6.07) is 0.0671. The Bertz CT molecular complexity index is 127. The summed E-state index contributed by atoms with van der Waals surface area (Å²) in [6.07, 6.45) is 1.84. The quantitative estimate of drug-likeness (QED) is 0.546. The van der Waals surface area contributed by atoms with Gasteiger partial charge in [-0.2, -0.15) is 0 Å². The van der Waals surface area contributed by atoms with Crippen LogP contribution >= 0.6 is 0 Å². The van der Waals surface area contributed by atoms with Gasteiger partial charge in [-0.15, -0.1) is 0 Å². The molecule has 0 aromatic carbocycles. The molecule has 1 saturated heterocycles. The van der Waals surface area contributed by atoms with Crippen molar-refractivity contribution < 1.29 is 9.90 Å². The molecule has 1 aliphatic rings. The van der Waals surface area contributed by atoms with Gasteiger partial charge in [0, 0.05) is 6.54 Å². The first kappa shape index (κ1) is 7.54. The minimum Gasteiger partial charge on any atom is -0.394 e. The molecule has 1 N–H and O–H groups in total. The fourth-order valence-electron chi connectivity index (χ4n) is 1.45. The number of likely N-dealkylation sites (tertiary alicyclic amines) is 1. The molecule has 1 heterocycles. The molecule has 3 nitrogen and oxygen atoms in total. The molecule has 1 rings (SSSR count). The highest BCUT2D eigenvalue weighted by Crippen LogP contribution is 2.21. The Labute approximate surface area is 60.6 Å². The number of hydrogen-bond donors (Lipinski definition) is 1. The van der Waals surface area contributed by atoms with E-state index in [-0.39, 0.29) is 12.6 Å². The molecular weight excluding hydrogens is 130 g/mol. The number of rotatable bonds is 2. The third-order valence-corrected chi connectivity index (χ3v) is 2.25. The van der Waals surface area contributed by atoms with E-state index in [9.17, 15) is 4.79 Å². The second-order valence-corrected chi connectivity index (χ2v) is 2.86. The average Bonchev–Trinajstić information content (AvgIpc) is 2.30. The van der Waals surface area contributed by atoms with E-state index in [2.05, 4.69) is 6.92 Å². The summed E-state index contributed by atoms with van der Waals surface area (Å²) in [5, 5.41) is 8.84. The molecule has 10 heavy (non-hydrogen) atoms. The minimum absolute atomic E-state index is 0.0671. The molecule has 0 aromatic rings. The molecular formula is C7H13NO2. The largest absolute Gasteiger partial charge is 0.394 e. The highest BCUT2D eigenvalue weighted by molar-refractivity contribution is 5.48. The standard InChI is InChI=1S/C7H13NO2/c1-6-2-3-8(5-10)7(6)4-9/h5-7,9H,2-4H2,1H3. The van der Waals surface area contributed by atoms with Gasteiger partial charge in [0.1, 0.15) is 0 Å². The summed E-state index contributed by atoms with van der Waals surface area (Å²) in [6.45, 7) is 2.96. The van der Waals surface area contributed by atoms with Crippen molar-refractivity contribution in [2.45, 2.75) is 19.4 Å². The maximum Gasteiger partial charge on any atom is 0.210 e. The maximum absolute atomic E-state index is 10.3. The molecule has 1 fully saturated rings. The predicted octanol–water partition coefficient (Wildman–Crippen LogP) is -0.155. The Hall–Kier alpha value is -0.570. The minimum atomic E-state index is 0.0671. The average molecular weight is 143 g/mol. The summed E-state index contributed by atoms with van der Waals surface area (Å²) in [5.74, 6) is 0.454. The second-order valence-electron chi connectivity index (χ2n) is 2.86. The summed E-state index contributed by atoms with van der Waals surface area (Å²) >= 11 is 0. The van der Waals surface area contributed by atoms with Crippen LogP contribution in [0.15, 0.2) is 0 Å². The zero-order valence-corrected chi connectivity index (χ0v) is 6.16. The molecule has 0 spiro atoms. The first-order chi connectivity index (χ1) is 4.79. The lowest BCUT2D eigenvalue weighted by molar-refractivity contribution is -0.119. The van der Waals surface area contributed by atoms with Gasteiger partial charge >= 0.3 is 0 Å².